The molecule has 2 aliphatic heterocycles. The molecule has 0 saturated carbocycles. The van der Waals surface area contributed by atoms with Crippen LogP contribution in [0.1, 0.15) is 30.5 Å². The molecule has 0 spiro atoms. The molecule has 4 rings (SSSR count). The van der Waals surface area contributed by atoms with E-state index in [1.54, 1.807) is 6.07 Å². The molecule has 7 nitrogen and oxygen atoms in total. The summed E-state index contributed by atoms with van der Waals surface area (Å²) in [4.78, 5) is 28.5. The molecule has 2 aromatic rings. The van der Waals surface area contributed by atoms with Gasteiger partial charge in [-0.1, -0.05) is 17.7 Å². The van der Waals surface area contributed by atoms with Gasteiger partial charge in [-0.15, -0.1) is 0 Å². The van der Waals surface area contributed by atoms with Crippen molar-refractivity contribution in [2.45, 2.75) is 33.1 Å². The molecule has 30 heavy (non-hydrogen) atoms. The molecule has 2 amide bonds. The Morgan fingerprint density at radius 1 is 0.933 bits per heavy atom. The summed E-state index contributed by atoms with van der Waals surface area (Å²) >= 11 is 6.16. The third-order valence-corrected chi connectivity index (χ3v) is 6.19. The van der Waals surface area contributed by atoms with Gasteiger partial charge in [0.05, 0.1) is 0 Å². The number of aryl methyl sites for hydroxylation is 2. The topological polar surface area (TPSA) is 64.6 Å². The molecule has 1 N–H and O–H groups in total. The Morgan fingerprint density at radius 3 is 2.37 bits per heavy atom. The summed E-state index contributed by atoms with van der Waals surface area (Å²) in [5, 5.41) is 3.60. The van der Waals surface area contributed by atoms with Crippen LogP contribution in [0.5, 0.6) is 0 Å². The van der Waals surface area contributed by atoms with Gasteiger partial charge in [0.15, 0.2) is 0 Å². The second-order valence-corrected chi connectivity index (χ2v) is 8.49. The second kappa shape index (κ2) is 9.08. The molecule has 3 heterocycles. The first kappa shape index (κ1) is 20.7. The number of piperazine rings is 1. The lowest BCUT2D eigenvalue weighted by Gasteiger charge is -2.36. The Kier molecular flexibility index (Phi) is 6.27. The van der Waals surface area contributed by atoms with Crippen molar-refractivity contribution in [3.05, 3.63) is 40.5 Å². The van der Waals surface area contributed by atoms with Crippen LogP contribution in [0.25, 0.3) is 0 Å². The van der Waals surface area contributed by atoms with Crippen LogP contribution in [0, 0.1) is 13.8 Å². The average Bonchev–Trinajstić information content (AvgIpc) is 2.76. The van der Waals surface area contributed by atoms with Gasteiger partial charge < -0.3 is 20.0 Å². The number of urea groups is 1. The van der Waals surface area contributed by atoms with Crippen molar-refractivity contribution in [1.82, 2.24) is 14.9 Å². The molecule has 0 atom stereocenters. The minimum absolute atomic E-state index is 0.0950. The molecular weight excluding hydrogens is 400 g/mol. The summed E-state index contributed by atoms with van der Waals surface area (Å²) in [6, 6.07) is 7.52. The minimum Gasteiger partial charge on any atom is -0.353 e. The quantitative estimate of drug-likeness (QED) is 0.797. The van der Waals surface area contributed by atoms with Crippen LogP contribution in [-0.4, -0.2) is 60.2 Å². The van der Waals surface area contributed by atoms with Gasteiger partial charge in [-0.25, -0.2) is 9.78 Å². The van der Waals surface area contributed by atoms with Gasteiger partial charge in [-0.2, -0.15) is 4.98 Å². The number of hydrogen-bond acceptors (Lipinski definition) is 5. The summed E-state index contributed by atoms with van der Waals surface area (Å²) < 4.78 is 0. The number of carbonyl (C=O) groups excluding carboxylic acids is 1. The van der Waals surface area contributed by atoms with Crippen molar-refractivity contribution < 1.29 is 4.79 Å². The van der Waals surface area contributed by atoms with E-state index >= 15 is 0 Å². The van der Waals surface area contributed by atoms with Gasteiger partial charge in [-0.05, 0) is 50.8 Å². The Morgan fingerprint density at radius 2 is 1.67 bits per heavy atom. The maximum atomic E-state index is 12.6. The molecule has 0 radical (unpaired) electrons. The highest BCUT2D eigenvalue weighted by Crippen LogP contribution is 2.23. The van der Waals surface area contributed by atoms with E-state index in [9.17, 15) is 4.79 Å². The number of benzene rings is 1. The molecule has 0 bridgehead atoms. The molecular formula is C22H29ClN6O. The largest absolute Gasteiger partial charge is 0.353 e. The van der Waals surface area contributed by atoms with Crippen molar-refractivity contribution in [3.63, 3.8) is 0 Å². The third kappa shape index (κ3) is 4.78. The normalized spacial score (nSPS) is 17.2. The van der Waals surface area contributed by atoms with E-state index in [4.69, 9.17) is 16.6 Å². The Labute approximate surface area is 183 Å². The lowest BCUT2D eigenvalue weighted by molar-refractivity contribution is 0.208. The van der Waals surface area contributed by atoms with E-state index < -0.39 is 0 Å². The zero-order valence-corrected chi connectivity index (χ0v) is 18.5. The second-order valence-electron chi connectivity index (χ2n) is 8.08. The lowest BCUT2D eigenvalue weighted by atomic mass is 10.1. The first-order valence-corrected chi connectivity index (χ1v) is 11.0. The van der Waals surface area contributed by atoms with E-state index in [0.717, 1.165) is 54.9 Å². The number of anilines is 3. The predicted molar refractivity (Wildman–Crippen MR) is 122 cm³/mol. The number of carbonyl (C=O) groups is 1. The zero-order chi connectivity index (χ0) is 21.1. The minimum atomic E-state index is -0.0950. The first-order valence-electron chi connectivity index (χ1n) is 10.7. The molecule has 2 saturated heterocycles. The van der Waals surface area contributed by atoms with Crippen LogP contribution in [0.4, 0.5) is 22.2 Å². The van der Waals surface area contributed by atoms with Crippen molar-refractivity contribution in [1.29, 1.82) is 0 Å². The van der Waals surface area contributed by atoms with Crippen LogP contribution in [-0.2, 0) is 0 Å². The van der Waals surface area contributed by atoms with Gasteiger partial charge in [0, 0.05) is 61.7 Å². The number of halogens is 1. The Balaban J connectivity index is 1.37. The average molecular weight is 429 g/mol. The monoisotopic (exact) mass is 428 g/mol. The summed E-state index contributed by atoms with van der Waals surface area (Å²) in [5.41, 5.74) is 2.69. The number of nitrogens with zero attached hydrogens (tertiary/aromatic N) is 5. The van der Waals surface area contributed by atoms with Crippen LogP contribution in [0.15, 0.2) is 24.3 Å². The van der Waals surface area contributed by atoms with Gasteiger partial charge in [0.1, 0.15) is 5.82 Å². The number of nitrogens with one attached hydrogen (secondary N) is 1. The molecule has 160 valence electrons. The van der Waals surface area contributed by atoms with Gasteiger partial charge in [0.2, 0.25) is 5.95 Å². The molecule has 0 unspecified atom stereocenters. The summed E-state index contributed by atoms with van der Waals surface area (Å²) in [7, 11) is 0. The SMILES string of the molecule is Cc1cc(N2CCN(C(=O)Nc3ccc(C)c(Cl)c3)CC2)nc(N2CCCCC2)n1. The Bertz CT molecular complexity index is 906. The highest BCUT2D eigenvalue weighted by Gasteiger charge is 2.23. The van der Waals surface area contributed by atoms with Crippen LogP contribution in [0.2, 0.25) is 5.02 Å². The Hall–Kier alpha value is -2.54. The molecule has 8 heteroatoms. The van der Waals surface area contributed by atoms with E-state index in [1.807, 2.05) is 36.9 Å². The maximum absolute atomic E-state index is 12.6. The smallest absolute Gasteiger partial charge is 0.321 e. The van der Waals surface area contributed by atoms with Crippen molar-refractivity contribution in [2.24, 2.45) is 0 Å². The van der Waals surface area contributed by atoms with Crippen molar-refractivity contribution >= 4 is 35.1 Å². The van der Waals surface area contributed by atoms with E-state index in [-0.39, 0.29) is 6.03 Å². The fourth-order valence-corrected chi connectivity index (χ4v) is 4.13. The highest BCUT2D eigenvalue weighted by molar-refractivity contribution is 6.31. The standard InChI is InChI=1S/C22H29ClN6O/c1-16-6-7-18(15-19(16)23)25-22(30)29-12-10-27(11-13-29)20-14-17(2)24-21(26-20)28-8-4-3-5-9-28/h6-7,14-15H,3-5,8-13H2,1-2H3,(H,25,30). The summed E-state index contributed by atoms with van der Waals surface area (Å²) in [6.07, 6.45) is 3.69. The molecule has 1 aromatic carbocycles. The molecule has 2 aliphatic rings. The van der Waals surface area contributed by atoms with Gasteiger partial charge in [0.25, 0.3) is 0 Å². The number of amides is 2. The zero-order valence-electron chi connectivity index (χ0n) is 17.7. The number of piperidine rings is 1. The molecule has 2 fully saturated rings. The first-order chi connectivity index (χ1) is 14.5. The van der Waals surface area contributed by atoms with Gasteiger partial charge >= 0.3 is 6.03 Å². The van der Waals surface area contributed by atoms with Crippen molar-refractivity contribution in [3.8, 4) is 0 Å². The fourth-order valence-electron chi connectivity index (χ4n) is 3.95. The van der Waals surface area contributed by atoms with E-state index in [1.165, 1.54) is 19.3 Å². The fraction of sp³-hybridized carbons (Fsp3) is 0.500. The number of aromatic nitrogens is 2. The summed E-state index contributed by atoms with van der Waals surface area (Å²) in [6.45, 7) is 8.81. The van der Waals surface area contributed by atoms with Crippen LogP contribution >= 0.6 is 11.6 Å². The predicted octanol–water partition coefficient (Wildman–Crippen LogP) is 4.09. The van der Waals surface area contributed by atoms with Crippen molar-refractivity contribution in [2.75, 3.05) is 54.4 Å². The van der Waals surface area contributed by atoms with E-state index in [2.05, 4.69) is 20.1 Å². The molecule has 1 aromatic heterocycles. The number of hydrogen-bond donors (Lipinski definition) is 1. The lowest BCUT2D eigenvalue weighted by Crippen LogP contribution is -2.50. The van der Waals surface area contributed by atoms with Crippen LogP contribution < -0.4 is 15.1 Å². The number of rotatable bonds is 3. The summed E-state index contributed by atoms with van der Waals surface area (Å²) in [5.74, 6) is 1.79. The third-order valence-electron chi connectivity index (χ3n) is 5.78. The van der Waals surface area contributed by atoms with Crippen LogP contribution in [0.3, 0.4) is 0 Å². The highest BCUT2D eigenvalue weighted by atomic mass is 35.5. The van der Waals surface area contributed by atoms with Gasteiger partial charge in [-0.3, -0.25) is 0 Å². The van der Waals surface area contributed by atoms with E-state index in [0.29, 0.717) is 18.1 Å². The molecule has 0 aliphatic carbocycles. The maximum Gasteiger partial charge on any atom is 0.321 e.